The number of benzene rings is 6. The van der Waals surface area contributed by atoms with Crippen LogP contribution in [-0.2, 0) is 4.57 Å². The Hall–Kier alpha value is -6.55. The average Bonchev–Trinajstić information content (AvgIpc) is 3.27. The fourth-order valence-corrected chi connectivity index (χ4v) is 11.6. The maximum atomic E-state index is 15.3. The fourth-order valence-electron chi connectivity index (χ4n) is 8.95. The minimum absolute atomic E-state index is 0.0829. The summed E-state index contributed by atoms with van der Waals surface area (Å²) in [6.07, 6.45) is 9.82. The van der Waals surface area contributed by atoms with Crippen LogP contribution in [0.1, 0.15) is 29.7 Å². The van der Waals surface area contributed by atoms with Gasteiger partial charge in [0.05, 0.1) is 22.4 Å². The first-order valence-electron chi connectivity index (χ1n) is 19.4. The highest BCUT2D eigenvalue weighted by molar-refractivity contribution is 7.85. The Morgan fingerprint density at radius 3 is 1.91 bits per heavy atom. The van der Waals surface area contributed by atoms with Crippen molar-refractivity contribution in [1.29, 1.82) is 0 Å². The lowest BCUT2D eigenvalue weighted by Crippen LogP contribution is -2.25. The van der Waals surface area contributed by atoms with Crippen LogP contribution >= 0.6 is 7.14 Å². The van der Waals surface area contributed by atoms with Gasteiger partial charge in [-0.2, -0.15) is 0 Å². The van der Waals surface area contributed by atoms with E-state index in [1.807, 2.05) is 97.6 Å². The quantitative estimate of drug-likeness (QED) is 0.0963. The molecular weight excluding hydrogens is 716 g/mol. The number of allylic oxidation sites excluding steroid dienone is 1. The van der Waals surface area contributed by atoms with Crippen molar-refractivity contribution in [2.45, 2.75) is 26.7 Å². The van der Waals surface area contributed by atoms with Gasteiger partial charge in [0.15, 0.2) is 7.14 Å². The van der Waals surface area contributed by atoms with E-state index in [4.69, 9.17) is 9.97 Å². The van der Waals surface area contributed by atoms with Crippen LogP contribution in [0, 0.1) is 19.8 Å². The van der Waals surface area contributed by atoms with Crippen LogP contribution in [0.15, 0.2) is 169 Å². The monoisotopic (exact) mass is 754 g/mol. The molecule has 0 aliphatic carbocycles. The van der Waals surface area contributed by atoms with E-state index in [0.717, 1.165) is 71.2 Å². The molecule has 274 valence electrons. The molecule has 6 heteroatoms. The molecule has 10 rings (SSSR count). The molecule has 0 N–H and O–H groups in total. The van der Waals surface area contributed by atoms with Crippen molar-refractivity contribution in [3.63, 3.8) is 0 Å². The molecule has 0 saturated heterocycles. The lowest BCUT2D eigenvalue weighted by Gasteiger charge is -2.25. The van der Waals surface area contributed by atoms with Crippen molar-refractivity contribution in [3.8, 4) is 22.4 Å². The van der Waals surface area contributed by atoms with Gasteiger partial charge in [0.2, 0.25) is 0 Å². The third kappa shape index (κ3) is 5.64. The van der Waals surface area contributed by atoms with Gasteiger partial charge in [0.1, 0.15) is 0 Å². The highest BCUT2D eigenvalue weighted by Crippen LogP contribution is 2.47. The second-order valence-electron chi connectivity index (χ2n) is 15.0. The number of aromatic nitrogens is 3. The van der Waals surface area contributed by atoms with Crippen LogP contribution in [0.25, 0.3) is 65.7 Å². The average molecular weight is 755 g/mol. The molecule has 1 aliphatic heterocycles. The topological polar surface area (TPSA) is 68.1 Å². The number of hydrogen-bond acceptors (Lipinski definition) is 5. The summed E-state index contributed by atoms with van der Waals surface area (Å²) in [5, 5.41) is 9.36. The van der Waals surface area contributed by atoms with E-state index in [9.17, 15) is 0 Å². The molecule has 57 heavy (non-hydrogen) atoms. The van der Waals surface area contributed by atoms with Gasteiger partial charge in [-0.1, -0.05) is 122 Å². The summed E-state index contributed by atoms with van der Waals surface area (Å²) in [4.78, 5) is 19.8. The Labute approximate surface area is 331 Å². The second-order valence-corrected chi connectivity index (χ2v) is 17.8. The van der Waals surface area contributed by atoms with Gasteiger partial charge < -0.3 is 4.57 Å². The molecule has 0 spiro atoms. The number of pyridine rings is 3. The molecule has 5 nitrogen and oxygen atoms in total. The molecule has 4 heterocycles. The molecule has 0 bridgehead atoms. The Kier molecular flexibility index (Phi) is 8.50. The molecule has 0 radical (unpaired) electrons. The predicted molar refractivity (Wildman–Crippen MR) is 239 cm³/mol. The Morgan fingerprint density at radius 2 is 1.18 bits per heavy atom. The lowest BCUT2D eigenvalue weighted by atomic mass is 9.82. The van der Waals surface area contributed by atoms with E-state index in [2.05, 4.69) is 104 Å². The van der Waals surface area contributed by atoms with Crippen molar-refractivity contribution in [1.82, 2.24) is 15.0 Å². The van der Waals surface area contributed by atoms with Crippen molar-refractivity contribution >= 4 is 72.6 Å². The van der Waals surface area contributed by atoms with Crippen LogP contribution in [0.2, 0.25) is 0 Å². The molecule has 6 aromatic carbocycles. The van der Waals surface area contributed by atoms with E-state index in [1.165, 1.54) is 27.3 Å². The van der Waals surface area contributed by atoms with E-state index in [0.29, 0.717) is 0 Å². The van der Waals surface area contributed by atoms with Crippen LogP contribution < -0.4 is 15.9 Å². The summed E-state index contributed by atoms with van der Waals surface area (Å²) in [7, 11) is -3.17. The summed E-state index contributed by atoms with van der Waals surface area (Å²) in [5.74, 6) is 0.279. The summed E-state index contributed by atoms with van der Waals surface area (Å²) in [6.45, 7) is 6.73. The van der Waals surface area contributed by atoms with Crippen molar-refractivity contribution in [2.75, 3.05) is 0 Å². The number of para-hydroxylation sites is 1. The third-order valence-corrected chi connectivity index (χ3v) is 14.8. The first-order chi connectivity index (χ1) is 27.9. The Balaban J connectivity index is 1.25. The van der Waals surface area contributed by atoms with E-state index >= 15 is 4.57 Å². The van der Waals surface area contributed by atoms with Gasteiger partial charge in [0, 0.05) is 79.7 Å². The number of aliphatic imine (C=N–C) groups is 1. The van der Waals surface area contributed by atoms with Gasteiger partial charge in [0.25, 0.3) is 0 Å². The molecule has 0 fully saturated rings. The molecule has 1 aliphatic rings. The highest BCUT2D eigenvalue weighted by atomic mass is 31.2. The van der Waals surface area contributed by atoms with Crippen LogP contribution in [0.3, 0.4) is 0 Å². The maximum Gasteiger partial charge on any atom is 0.171 e. The van der Waals surface area contributed by atoms with Crippen molar-refractivity contribution < 1.29 is 4.57 Å². The molecule has 2 unspecified atom stereocenters. The first-order valence-corrected chi connectivity index (χ1v) is 21.1. The summed E-state index contributed by atoms with van der Waals surface area (Å²) in [5.41, 5.74) is 9.25. The molecule has 0 saturated carbocycles. The Morgan fingerprint density at radius 1 is 0.544 bits per heavy atom. The van der Waals surface area contributed by atoms with E-state index < -0.39 is 7.14 Å². The molecule has 2 atom stereocenters. The van der Waals surface area contributed by atoms with Crippen LogP contribution in [0.4, 0.5) is 0 Å². The number of aryl methyl sites for hydroxylation is 2. The minimum Gasteiger partial charge on any atom is -0.309 e. The summed E-state index contributed by atoms with van der Waals surface area (Å²) < 4.78 is 15.3. The van der Waals surface area contributed by atoms with Gasteiger partial charge in [-0.05, 0) is 77.2 Å². The lowest BCUT2D eigenvalue weighted by molar-refractivity contribution is 0.592. The molecular formula is C51H39N4OP. The first kappa shape index (κ1) is 34.9. The fraction of sp³-hybridized carbons (Fsp3) is 0.0980. The maximum absolute atomic E-state index is 15.3. The summed E-state index contributed by atoms with van der Waals surface area (Å²) in [6, 6.07) is 47.1. The Bertz CT molecular complexity index is 3100. The molecule has 9 aromatic rings. The number of rotatable bonds is 6. The number of nitrogens with zero attached hydrogens (tertiary/aromatic N) is 4. The number of hydrogen-bond donors (Lipinski definition) is 0. The molecule has 0 amide bonds. The second kappa shape index (κ2) is 13.9. The van der Waals surface area contributed by atoms with Crippen LogP contribution in [0.5, 0.6) is 0 Å². The highest BCUT2D eigenvalue weighted by Gasteiger charge is 2.30. The largest absolute Gasteiger partial charge is 0.309 e. The predicted octanol–water partition coefficient (Wildman–Crippen LogP) is 11.4. The van der Waals surface area contributed by atoms with Gasteiger partial charge in [-0.3, -0.25) is 15.0 Å². The van der Waals surface area contributed by atoms with E-state index in [1.54, 1.807) is 0 Å². The minimum atomic E-state index is -3.17. The summed E-state index contributed by atoms with van der Waals surface area (Å²) >= 11 is 0. The smallest absolute Gasteiger partial charge is 0.171 e. The van der Waals surface area contributed by atoms with Crippen molar-refractivity contribution in [3.05, 3.63) is 181 Å². The SMILES string of the molecule is Cc1c2c(C3C=CN=CC3C)nc3ccccc3c2c(C)c2c(-c3ccncc3)nc3cc(-c4cccc(P(=O)(c5ccccc5)c5ccccc5)c4)ccc3c12. The third-order valence-electron chi connectivity index (χ3n) is 11.7. The molecule has 3 aromatic heterocycles. The standard InChI is InChI=1S/C51H39N4OP/c1-32-31-53-28-25-41(32)51-49-34(3)47-43-22-21-37(36-13-12-18-40(29-36)57(56,38-14-6-4-7-15-38)39-16-8-5-9-17-39)30-45(43)55-50(35-23-26-52-27-24-35)48(47)33(2)46(49)42-19-10-11-20-44(42)54-51/h4-32,41H,1-3H3. The normalized spacial score (nSPS) is 15.6. The zero-order chi connectivity index (χ0) is 38.7. The number of fused-ring (bicyclic) bond motifs is 6. The zero-order valence-corrected chi connectivity index (χ0v) is 32.9. The van der Waals surface area contributed by atoms with Crippen molar-refractivity contribution in [2.24, 2.45) is 10.9 Å². The zero-order valence-electron chi connectivity index (χ0n) is 32.0. The van der Waals surface area contributed by atoms with E-state index in [-0.39, 0.29) is 11.8 Å². The van der Waals surface area contributed by atoms with Gasteiger partial charge >= 0.3 is 0 Å². The van der Waals surface area contributed by atoms with Gasteiger partial charge in [-0.25, -0.2) is 4.98 Å². The van der Waals surface area contributed by atoms with Gasteiger partial charge in [-0.15, -0.1) is 0 Å². The van der Waals surface area contributed by atoms with Crippen LogP contribution in [-0.4, -0.2) is 21.2 Å².